The van der Waals surface area contributed by atoms with Gasteiger partial charge in [-0.05, 0) is 37.0 Å². The first-order valence-electron chi connectivity index (χ1n) is 6.89. The van der Waals surface area contributed by atoms with E-state index in [1.165, 1.54) is 31.4 Å². The van der Waals surface area contributed by atoms with Crippen molar-refractivity contribution < 1.29 is 12.8 Å². The van der Waals surface area contributed by atoms with E-state index in [-0.39, 0.29) is 5.69 Å². The van der Waals surface area contributed by atoms with E-state index in [0.717, 1.165) is 18.4 Å². The molecule has 1 fully saturated rings. The van der Waals surface area contributed by atoms with Crippen LogP contribution < -0.4 is 10.0 Å². The summed E-state index contributed by atoms with van der Waals surface area (Å²) in [6, 6.07) is 4.80. The minimum absolute atomic E-state index is 0.0130. The van der Waals surface area contributed by atoms with Crippen LogP contribution in [0.15, 0.2) is 18.2 Å². The fraction of sp³-hybridized carbons (Fsp3) is 0.571. The molecule has 1 aromatic rings. The Morgan fingerprint density at radius 1 is 1.25 bits per heavy atom. The third-order valence-corrected chi connectivity index (χ3v) is 4.32. The Hall–Kier alpha value is -1.30. The van der Waals surface area contributed by atoms with Crippen LogP contribution in [0.2, 0.25) is 0 Å². The summed E-state index contributed by atoms with van der Waals surface area (Å²) in [6.45, 7) is 2.20. The monoisotopic (exact) mass is 300 g/mol. The molecule has 2 atom stereocenters. The molecular formula is C14H21FN2O2S. The molecule has 2 unspecified atom stereocenters. The van der Waals surface area contributed by atoms with Crippen LogP contribution in [-0.4, -0.2) is 20.7 Å². The second-order valence-corrected chi connectivity index (χ2v) is 7.33. The number of hydrogen-bond acceptors (Lipinski definition) is 3. The summed E-state index contributed by atoms with van der Waals surface area (Å²) >= 11 is 0. The molecule has 2 N–H and O–H groups in total. The Bertz CT molecular complexity index is 575. The first kappa shape index (κ1) is 15.1. The van der Waals surface area contributed by atoms with Crippen molar-refractivity contribution in [3.63, 3.8) is 0 Å². The molecule has 1 aliphatic carbocycles. The van der Waals surface area contributed by atoms with E-state index in [1.54, 1.807) is 6.07 Å². The van der Waals surface area contributed by atoms with Crippen molar-refractivity contribution in [3.8, 4) is 0 Å². The summed E-state index contributed by atoms with van der Waals surface area (Å²) in [5, 5.41) is 3.38. The third kappa shape index (κ3) is 4.10. The number of halogens is 1. The number of sulfonamides is 1. The SMILES string of the molecule is CC1CCCCC1Nc1ccc(F)c(NS(C)(=O)=O)c1. The van der Waals surface area contributed by atoms with E-state index in [1.807, 2.05) is 0 Å². The molecule has 0 bridgehead atoms. The fourth-order valence-electron chi connectivity index (χ4n) is 2.64. The van der Waals surface area contributed by atoms with Crippen LogP contribution in [0, 0.1) is 11.7 Å². The molecule has 1 saturated carbocycles. The molecule has 6 heteroatoms. The van der Waals surface area contributed by atoms with E-state index in [9.17, 15) is 12.8 Å². The van der Waals surface area contributed by atoms with Crippen LogP contribution in [0.25, 0.3) is 0 Å². The molecule has 0 aromatic heterocycles. The predicted molar refractivity (Wildman–Crippen MR) is 79.9 cm³/mol. The van der Waals surface area contributed by atoms with Crippen molar-refractivity contribution >= 4 is 21.4 Å². The Balaban J connectivity index is 2.14. The van der Waals surface area contributed by atoms with Crippen molar-refractivity contribution in [2.45, 2.75) is 38.6 Å². The zero-order valence-electron chi connectivity index (χ0n) is 11.8. The summed E-state index contributed by atoms with van der Waals surface area (Å²) in [6.07, 6.45) is 5.73. The molecule has 0 aliphatic heterocycles. The maximum Gasteiger partial charge on any atom is 0.229 e. The second kappa shape index (κ2) is 5.99. The van der Waals surface area contributed by atoms with Gasteiger partial charge in [-0.1, -0.05) is 19.8 Å². The highest BCUT2D eigenvalue weighted by molar-refractivity contribution is 7.92. The van der Waals surface area contributed by atoms with E-state index >= 15 is 0 Å². The zero-order valence-corrected chi connectivity index (χ0v) is 12.6. The van der Waals surface area contributed by atoms with Crippen LogP contribution in [0.4, 0.5) is 15.8 Å². The van der Waals surface area contributed by atoms with E-state index in [4.69, 9.17) is 0 Å². The molecule has 20 heavy (non-hydrogen) atoms. The number of nitrogens with one attached hydrogen (secondary N) is 2. The molecule has 2 rings (SSSR count). The number of hydrogen-bond donors (Lipinski definition) is 2. The maximum atomic E-state index is 13.6. The standard InChI is InChI=1S/C14H21FN2O2S/c1-10-5-3-4-6-13(10)16-11-7-8-12(15)14(9-11)17-20(2,18)19/h7-10,13,16-17H,3-6H2,1-2H3. The first-order valence-corrected chi connectivity index (χ1v) is 8.78. The van der Waals surface area contributed by atoms with Crippen LogP contribution in [0.5, 0.6) is 0 Å². The summed E-state index contributed by atoms with van der Waals surface area (Å²) < 4.78 is 38.2. The summed E-state index contributed by atoms with van der Waals surface area (Å²) in [5.74, 6) is -0.00205. The largest absolute Gasteiger partial charge is 0.382 e. The van der Waals surface area contributed by atoms with E-state index in [0.29, 0.717) is 12.0 Å². The van der Waals surface area contributed by atoms with Gasteiger partial charge >= 0.3 is 0 Å². The lowest BCUT2D eigenvalue weighted by Gasteiger charge is -2.30. The molecule has 0 saturated heterocycles. The van der Waals surface area contributed by atoms with Gasteiger partial charge in [-0.2, -0.15) is 0 Å². The van der Waals surface area contributed by atoms with Crippen LogP contribution >= 0.6 is 0 Å². The highest BCUT2D eigenvalue weighted by Crippen LogP contribution is 2.28. The van der Waals surface area contributed by atoms with Crippen LogP contribution in [-0.2, 0) is 10.0 Å². The Labute approximate surface area is 119 Å². The number of rotatable bonds is 4. The van der Waals surface area contributed by atoms with Gasteiger partial charge in [0.1, 0.15) is 5.82 Å². The average Bonchev–Trinajstić information content (AvgIpc) is 2.34. The van der Waals surface area contributed by atoms with Gasteiger partial charge in [0, 0.05) is 11.7 Å². The van der Waals surface area contributed by atoms with Crippen LogP contribution in [0.3, 0.4) is 0 Å². The van der Waals surface area contributed by atoms with Crippen molar-refractivity contribution in [3.05, 3.63) is 24.0 Å². The van der Waals surface area contributed by atoms with Gasteiger partial charge in [0.25, 0.3) is 0 Å². The number of anilines is 2. The quantitative estimate of drug-likeness (QED) is 0.898. The van der Waals surface area contributed by atoms with Crippen molar-refractivity contribution in [2.24, 2.45) is 5.92 Å². The highest BCUT2D eigenvalue weighted by atomic mass is 32.2. The van der Waals surface area contributed by atoms with Gasteiger partial charge in [-0.25, -0.2) is 12.8 Å². The lowest BCUT2D eigenvalue weighted by Crippen LogP contribution is -2.30. The summed E-state index contributed by atoms with van der Waals surface area (Å²) in [4.78, 5) is 0. The Morgan fingerprint density at radius 2 is 1.95 bits per heavy atom. The predicted octanol–water partition coefficient (Wildman–Crippen LogP) is 3.19. The summed E-state index contributed by atoms with van der Waals surface area (Å²) in [7, 11) is -3.48. The van der Waals surface area contributed by atoms with Gasteiger partial charge in [0.05, 0.1) is 11.9 Å². The van der Waals surface area contributed by atoms with Gasteiger partial charge in [0.2, 0.25) is 10.0 Å². The molecule has 1 aromatic carbocycles. The summed E-state index contributed by atoms with van der Waals surface area (Å²) in [5.41, 5.74) is 0.734. The maximum absolute atomic E-state index is 13.6. The van der Waals surface area contributed by atoms with Gasteiger partial charge in [-0.15, -0.1) is 0 Å². The highest BCUT2D eigenvalue weighted by Gasteiger charge is 2.21. The first-order chi connectivity index (χ1) is 9.35. The molecule has 0 spiro atoms. The fourth-order valence-corrected chi connectivity index (χ4v) is 3.19. The molecule has 0 radical (unpaired) electrons. The van der Waals surface area contributed by atoms with Crippen molar-refractivity contribution in [1.82, 2.24) is 0 Å². The molecule has 0 amide bonds. The van der Waals surface area contributed by atoms with Crippen molar-refractivity contribution in [2.75, 3.05) is 16.3 Å². The lowest BCUT2D eigenvalue weighted by atomic mass is 9.86. The molecular weight excluding hydrogens is 279 g/mol. The molecule has 1 aliphatic rings. The molecule has 4 nitrogen and oxygen atoms in total. The topological polar surface area (TPSA) is 58.2 Å². The Kier molecular flexibility index (Phi) is 4.52. The lowest BCUT2D eigenvalue weighted by molar-refractivity contribution is 0.349. The van der Waals surface area contributed by atoms with Gasteiger partial charge < -0.3 is 5.32 Å². The van der Waals surface area contributed by atoms with E-state index in [2.05, 4.69) is 17.0 Å². The Morgan fingerprint density at radius 3 is 2.60 bits per heavy atom. The van der Waals surface area contributed by atoms with Gasteiger partial charge in [0.15, 0.2) is 0 Å². The smallest absolute Gasteiger partial charge is 0.229 e. The zero-order chi connectivity index (χ0) is 14.8. The molecule has 112 valence electrons. The van der Waals surface area contributed by atoms with Crippen LogP contribution in [0.1, 0.15) is 32.6 Å². The normalized spacial score (nSPS) is 23.4. The van der Waals surface area contributed by atoms with Crippen molar-refractivity contribution in [1.29, 1.82) is 0 Å². The molecule has 0 heterocycles. The average molecular weight is 300 g/mol. The number of benzene rings is 1. The third-order valence-electron chi connectivity index (χ3n) is 3.73. The second-order valence-electron chi connectivity index (χ2n) is 5.58. The minimum atomic E-state index is -3.48. The van der Waals surface area contributed by atoms with Gasteiger partial charge in [-0.3, -0.25) is 4.72 Å². The van der Waals surface area contributed by atoms with E-state index < -0.39 is 15.8 Å². The minimum Gasteiger partial charge on any atom is -0.382 e.